The lowest BCUT2D eigenvalue weighted by Gasteiger charge is -1.96. The van der Waals surface area contributed by atoms with Crippen LogP contribution in [-0.2, 0) is 0 Å². The van der Waals surface area contributed by atoms with E-state index in [1.165, 1.54) is 0 Å². The Bertz CT molecular complexity index is 646. The molecule has 1 aromatic carbocycles. The summed E-state index contributed by atoms with van der Waals surface area (Å²) >= 11 is 0. The van der Waals surface area contributed by atoms with E-state index in [1.54, 1.807) is 19.2 Å². The number of aromatic nitrogens is 3. The van der Waals surface area contributed by atoms with E-state index in [2.05, 4.69) is 25.7 Å². The van der Waals surface area contributed by atoms with E-state index in [0.29, 0.717) is 5.69 Å². The van der Waals surface area contributed by atoms with Crippen molar-refractivity contribution in [3.05, 3.63) is 58.0 Å². The van der Waals surface area contributed by atoms with Gasteiger partial charge in [0.25, 0.3) is 5.56 Å². The molecule has 96 valence electrons. The average Bonchev–Trinajstić information content (AvgIpc) is 2.43. The minimum absolute atomic E-state index is 0.208. The molecule has 0 radical (unpaired) electrons. The number of rotatable bonds is 4. The van der Waals surface area contributed by atoms with E-state index in [1.807, 2.05) is 36.4 Å². The van der Waals surface area contributed by atoms with Crippen LogP contribution in [0.5, 0.6) is 0 Å². The first-order valence-corrected chi connectivity index (χ1v) is 5.70. The lowest BCUT2D eigenvalue weighted by atomic mass is 10.2. The fraction of sp³-hybridized carbons (Fsp3) is 0.0769. The second-order valence-corrected chi connectivity index (χ2v) is 3.75. The van der Waals surface area contributed by atoms with Crippen LogP contribution in [0.3, 0.4) is 0 Å². The zero-order valence-corrected chi connectivity index (χ0v) is 10.4. The monoisotopic (exact) mass is 255 g/mol. The molecule has 19 heavy (non-hydrogen) atoms. The summed E-state index contributed by atoms with van der Waals surface area (Å²) in [6.45, 7) is 1.58. The number of anilines is 1. The minimum Gasteiger partial charge on any atom is -0.288 e. The molecule has 2 rings (SSSR count). The first-order valence-electron chi connectivity index (χ1n) is 5.70. The Morgan fingerprint density at radius 1 is 1.26 bits per heavy atom. The smallest absolute Gasteiger partial charge is 0.274 e. The maximum Gasteiger partial charge on any atom is 0.274 e. The van der Waals surface area contributed by atoms with Gasteiger partial charge in [0.05, 0.1) is 0 Å². The van der Waals surface area contributed by atoms with Crippen LogP contribution in [0, 0.1) is 6.92 Å². The molecule has 0 spiro atoms. The van der Waals surface area contributed by atoms with E-state index in [-0.39, 0.29) is 11.5 Å². The Labute approximate surface area is 109 Å². The topological polar surface area (TPSA) is 83.0 Å². The van der Waals surface area contributed by atoms with Gasteiger partial charge in [-0.05, 0) is 18.6 Å². The predicted octanol–water partition coefficient (Wildman–Crippen LogP) is 1.58. The lowest BCUT2D eigenvalue weighted by molar-refractivity contribution is 0.897. The van der Waals surface area contributed by atoms with Crippen LogP contribution in [0.4, 0.5) is 5.95 Å². The third-order valence-corrected chi connectivity index (χ3v) is 2.28. The maximum atomic E-state index is 11.2. The highest BCUT2D eigenvalue weighted by Gasteiger charge is 1.96. The molecule has 0 bridgehead atoms. The number of hydrogen-bond acceptors (Lipinski definition) is 5. The Hall–Kier alpha value is -2.76. The standard InChI is InChI=1S/C13H13N5O/c1-10-12(19)15-13(18-16-10)17-14-9-5-8-11-6-3-2-4-7-11/h2-9H,1H3,(H2,15,17,18,19). The van der Waals surface area contributed by atoms with Crippen molar-refractivity contribution in [1.29, 1.82) is 0 Å². The Kier molecular flexibility index (Phi) is 4.17. The predicted molar refractivity (Wildman–Crippen MR) is 75.0 cm³/mol. The van der Waals surface area contributed by atoms with Crippen molar-refractivity contribution in [1.82, 2.24) is 15.2 Å². The van der Waals surface area contributed by atoms with Crippen molar-refractivity contribution in [2.75, 3.05) is 5.43 Å². The van der Waals surface area contributed by atoms with Crippen LogP contribution in [-0.4, -0.2) is 21.4 Å². The lowest BCUT2D eigenvalue weighted by Crippen LogP contribution is -2.15. The Morgan fingerprint density at radius 3 is 2.79 bits per heavy atom. The molecule has 6 heteroatoms. The number of hydrogen-bond donors (Lipinski definition) is 2. The summed E-state index contributed by atoms with van der Waals surface area (Å²) in [5.41, 5.74) is 3.70. The Morgan fingerprint density at radius 2 is 2.05 bits per heavy atom. The molecule has 0 fully saturated rings. The highest BCUT2D eigenvalue weighted by atomic mass is 16.1. The molecule has 0 aliphatic rings. The molecule has 6 nitrogen and oxygen atoms in total. The average molecular weight is 255 g/mol. The van der Waals surface area contributed by atoms with Crippen molar-refractivity contribution >= 4 is 18.2 Å². The van der Waals surface area contributed by atoms with E-state index in [4.69, 9.17) is 0 Å². The molecule has 0 unspecified atom stereocenters. The number of H-pyrrole nitrogens is 1. The molecule has 0 saturated heterocycles. The molecule has 1 aromatic heterocycles. The normalized spacial score (nSPS) is 11.2. The molecule has 0 saturated carbocycles. The highest BCUT2D eigenvalue weighted by molar-refractivity contribution is 5.78. The third-order valence-electron chi connectivity index (χ3n) is 2.28. The molecule has 1 heterocycles. The van der Waals surface area contributed by atoms with Crippen LogP contribution in [0.2, 0.25) is 0 Å². The Balaban J connectivity index is 1.92. The molecule has 0 aliphatic heterocycles. The van der Waals surface area contributed by atoms with Gasteiger partial charge in [0.2, 0.25) is 5.95 Å². The van der Waals surface area contributed by atoms with Crippen LogP contribution in [0.15, 0.2) is 46.3 Å². The minimum atomic E-state index is -0.285. The van der Waals surface area contributed by atoms with Gasteiger partial charge in [-0.15, -0.1) is 10.2 Å². The fourth-order valence-electron chi connectivity index (χ4n) is 1.30. The number of benzene rings is 1. The van der Waals surface area contributed by atoms with E-state index in [9.17, 15) is 4.79 Å². The summed E-state index contributed by atoms with van der Waals surface area (Å²) in [6, 6.07) is 9.85. The third kappa shape index (κ3) is 3.88. The molecule has 0 amide bonds. The zero-order chi connectivity index (χ0) is 13.5. The van der Waals surface area contributed by atoms with Crippen LogP contribution in [0.25, 0.3) is 6.08 Å². The van der Waals surface area contributed by atoms with Gasteiger partial charge >= 0.3 is 0 Å². The van der Waals surface area contributed by atoms with Crippen molar-refractivity contribution in [2.24, 2.45) is 5.10 Å². The molecule has 2 aromatic rings. The number of aromatic amines is 1. The highest BCUT2D eigenvalue weighted by Crippen LogP contribution is 1.99. The first kappa shape index (κ1) is 12.7. The fourth-order valence-corrected chi connectivity index (χ4v) is 1.30. The summed E-state index contributed by atoms with van der Waals surface area (Å²) in [5, 5.41) is 11.3. The maximum absolute atomic E-state index is 11.2. The van der Waals surface area contributed by atoms with Gasteiger partial charge in [0.15, 0.2) is 0 Å². The summed E-state index contributed by atoms with van der Waals surface area (Å²) in [4.78, 5) is 13.8. The van der Waals surface area contributed by atoms with Crippen LogP contribution in [0.1, 0.15) is 11.3 Å². The first-order chi connectivity index (χ1) is 9.25. The van der Waals surface area contributed by atoms with Crippen molar-refractivity contribution in [3.8, 4) is 0 Å². The molecule has 2 N–H and O–H groups in total. The molecular weight excluding hydrogens is 242 g/mol. The van der Waals surface area contributed by atoms with Crippen LogP contribution >= 0.6 is 0 Å². The summed E-state index contributed by atoms with van der Waals surface area (Å²) in [7, 11) is 0. The van der Waals surface area contributed by atoms with Crippen molar-refractivity contribution in [2.45, 2.75) is 6.92 Å². The van der Waals surface area contributed by atoms with Crippen LogP contribution < -0.4 is 11.0 Å². The summed E-state index contributed by atoms with van der Waals surface area (Å²) < 4.78 is 0. The van der Waals surface area contributed by atoms with Gasteiger partial charge < -0.3 is 0 Å². The van der Waals surface area contributed by atoms with Gasteiger partial charge in [0.1, 0.15) is 5.69 Å². The zero-order valence-electron chi connectivity index (χ0n) is 10.4. The second-order valence-electron chi connectivity index (χ2n) is 3.75. The van der Waals surface area contributed by atoms with Gasteiger partial charge in [-0.3, -0.25) is 9.78 Å². The molecule has 0 aliphatic carbocycles. The van der Waals surface area contributed by atoms with Gasteiger partial charge in [-0.25, -0.2) is 5.43 Å². The molecule has 0 atom stereocenters. The van der Waals surface area contributed by atoms with E-state index < -0.39 is 0 Å². The number of nitrogens with zero attached hydrogens (tertiary/aromatic N) is 3. The quantitative estimate of drug-likeness (QED) is 0.642. The van der Waals surface area contributed by atoms with Gasteiger partial charge in [-0.2, -0.15) is 5.10 Å². The second kappa shape index (κ2) is 6.25. The summed E-state index contributed by atoms with van der Waals surface area (Å²) in [6.07, 6.45) is 5.25. The summed E-state index contributed by atoms with van der Waals surface area (Å²) in [5.74, 6) is 0.208. The van der Waals surface area contributed by atoms with Gasteiger partial charge in [-0.1, -0.05) is 36.4 Å². The van der Waals surface area contributed by atoms with E-state index in [0.717, 1.165) is 5.56 Å². The van der Waals surface area contributed by atoms with Crippen molar-refractivity contribution < 1.29 is 0 Å². The number of hydrazone groups is 1. The SMILES string of the molecule is Cc1nnc(NN=CC=Cc2ccccc2)[nH]c1=O. The number of nitrogens with one attached hydrogen (secondary N) is 2. The van der Waals surface area contributed by atoms with Crippen molar-refractivity contribution in [3.63, 3.8) is 0 Å². The number of allylic oxidation sites excluding steroid dienone is 1. The number of aryl methyl sites for hydroxylation is 1. The largest absolute Gasteiger partial charge is 0.288 e. The van der Waals surface area contributed by atoms with E-state index >= 15 is 0 Å². The molecular formula is C13H13N5O. The van der Waals surface area contributed by atoms with Gasteiger partial charge in [0, 0.05) is 6.21 Å².